The van der Waals surface area contributed by atoms with Gasteiger partial charge in [0.2, 0.25) is 5.78 Å². The van der Waals surface area contributed by atoms with Crippen molar-refractivity contribution >= 4 is 22.7 Å². The van der Waals surface area contributed by atoms with Crippen molar-refractivity contribution in [2.24, 2.45) is 0 Å². The zero-order valence-electron chi connectivity index (χ0n) is 17.0. The van der Waals surface area contributed by atoms with Gasteiger partial charge in [0.25, 0.3) is 0 Å². The Balaban J connectivity index is 1.36. The van der Waals surface area contributed by atoms with Gasteiger partial charge in [-0.15, -0.1) is 0 Å². The fraction of sp³-hybridized carbons (Fsp3) is 0.208. The number of hydrogen-bond acceptors (Lipinski definition) is 4. The van der Waals surface area contributed by atoms with E-state index >= 15 is 0 Å². The van der Waals surface area contributed by atoms with E-state index in [9.17, 15) is 9.59 Å². The summed E-state index contributed by atoms with van der Waals surface area (Å²) >= 11 is 0. The number of nitrogens with one attached hydrogen (secondary N) is 1. The van der Waals surface area contributed by atoms with Crippen LogP contribution in [0.1, 0.15) is 35.0 Å². The van der Waals surface area contributed by atoms with E-state index in [4.69, 9.17) is 4.74 Å². The van der Waals surface area contributed by atoms with Gasteiger partial charge in [-0.05, 0) is 44.0 Å². The Morgan fingerprint density at radius 2 is 1.83 bits per heavy atom. The maximum Gasteiger partial charge on any atom is 0.306 e. The number of aromatic nitrogens is 3. The normalized spacial score (nSPS) is 12.1. The summed E-state index contributed by atoms with van der Waals surface area (Å²) in [6, 6.07) is 17.4. The monoisotopic (exact) mass is 401 g/mol. The van der Waals surface area contributed by atoms with E-state index in [1.54, 1.807) is 17.8 Å². The average molecular weight is 401 g/mol. The molecule has 1 N–H and O–H groups in total. The summed E-state index contributed by atoms with van der Waals surface area (Å²) in [5.41, 5.74) is 4.14. The first-order valence-corrected chi connectivity index (χ1v) is 9.93. The van der Waals surface area contributed by atoms with Gasteiger partial charge < -0.3 is 9.72 Å². The van der Waals surface area contributed by atoms with E-state index in [2.05, 4.69) is 10.1 Å². The second kappa shape index (κ2) is 8.37. The third-order valence-corrected chi connectivity index (χ3v) is 5.09. The molecule has 30 heavy (non-hydrogen) atoms. The molecule has 0 bridgehead atoms. The molecule has 0 aliphatic heterocycles. The fourth-order valence-electron chi connectivity index (χ4n) is 3.56. The number of nitrogens with zero attached hydrogens (tertiary/aromatic N) is 2. The number of ether oxygens (including phenoxy) is 1. The van der Waals surface area contributed by atoms with Crippen LogP contribution in [0.25, 0.3) is 16.6 Å². The number of carbonyl (C=O) groups excluding carboxylic acids is 2. The SMILES string of the molecule is Cc1[nH]c2ccccc2c1C(=O)C(C)OC(=O)CCc1cnn(-c2ccccc2)c1. The molecule has 6 heteroatoms. The number of benzene rings is 2. The number of carbonyl (C=O) groups is 2. The zero-order valence-corrected chi connectivity index (χ0v) is 17.0. The topological polar surface area (TPSA) is 77.0 Å². The quantitative estimate of drug-likeness (QED) is 0.368. The van der Waals surface area contributed by atoms with Gasteiger partial charge in [0.15, 0.2) is 6.10 Å². The van der Waals surface area contributed by atoms with Gasteiger partial charge in [0.05, 0.1) is 11.9 Å². The lowest BCUT2D eigenvalue weighted by atomic mass is 10.0. The molecule has 152 valence electrons. The molecule has 2 heterocycles. The molecule has 2 aromatic carbocycles. The van der Waals surface area contributed by atoms with Crippen LogP contribution in [0, 0.1) is 6.92 Å². The average Bonchev–Trinajstić information content (AvgIpc) is 3.36. The molecule has 0 amide bonds. The third-order valence-electron chi connectivity index (χ3n) is 5.09. The van der Waals surface area contributed by atoms with Crippen LogP contribution in [0.5, 0.6) is 0 Å². The molecular formula is C24H23N3O3. The Hall–Kier alpha value is -3.67. The molecule has 0 aliphatic carbocycles. The van der Waals surface area contributed by atoms with Crippen LogP contribution < -0.4 is 0 Å². The second-order valence-electron chi connectivity index (χ2n) is 7.30. The van der Waals surface area contributed by atoms with Crippen LogP contribution in [0.2, 0.25) is 0 Å². The number of aromatic amines is 1. The van der Waals surface area contributed by atoms with Crippen LogP contribution in [0.3, 0.4) is 0 Å². The summed E-state index contributed by atoms with van der Waals surface area (Å²) in [5, 5.41) is 5.18. The first-order valence-electron chi connectivity index (χ1n) is 9.93. The van der Waals surface area contributed by atoms with Gasteiger partial charge in [0, 0.05) is 34.8 Å². The van der Waals surface area contributed by atoms with Gasteiger partial charge in [-0.3, -0.25) is 9.59 Å². The molecule has 1 unspecified atom stereocenters. The van der Waals surface area contributed by atoms with Crippen LogP contribution in [0.4, 0.5) is 0 Å². The number of ketones is 1. The highest BCUT2D eigenvalue weighted by Crippen LogP contribution is 2.24. The molecule has 0 saturated heterocycles. The number of fused-ring (bicyclic) bond motifs is 1. The summed E-state index contributed by atoms with van der Waals surface area (Å²) < 4.78 is 7.19. The molecule has 0 spiro atoms. The number of Topliss-reactive ketones (excluding diaryl/α,β-unsaturated/α-hetero) is 1. The van der Waals surface area contributed by atoms with Crippen LogP contribution in [-0.4, -0.2) is 32.6 Å². The highest BCUT2D eigenvalue weighted by Gasteiger charge is 2.24. The van der Waals surface area contributed by atoms with Crippen molar-refractivity contribution in [1.29, 1.82) is 0 Å². The predicted molar refractivity (Wildman–Crippen MR) is 115 cm³/mol. The lowest BCUT2D eigenvalue weighted by Crippen LogP contribution is -2.25. The second-order valence-corrected chi connectivity index (χ2v) is 7.30. The molecule has 0 aliphatic rings. The summed E-state index contributed by atoms with van der Waals surface area (Å²) in [6.07, 6.45) is 3.47. The van der Waals surface area contributed by atoms with Gasteiger partial charge in [-0.2, -0.15) is 5.10 Å². The maximum absolute atomic E-state index is 12.9. The van der Waals surface area contributed by atoms with Crippen LogP contribution in [-0.2, 0) is 16.0 Å². The minimum atomic E-state index is -0.845. The number of para-hydroxylation sites is 2. The summed E-state index contributed by atoms with van der Waals surface area (Å²) in [5.74, 6) is -0.601. The number of hydrogen-bond donors (Lipinski definition) is 1. The Labute approximate surface area is 174 Å². The first kappa shape index (κ1) is 19.6. The molecule has 0 saturated carbocycles. The Morgan fingerprint density at radius 3 is 2.63 bits per heavy atom. The van der Waals surface area contributed by atoms with Crippen molar-refractivity contribution in [3.8, 4) is 5.69 Å². The molecule has 4 aromatic rings. The van der Waals surface area contributed by atoms with Crippen molar-refractivity contribution in [1.82, 2.24) is 14.8 Å². The first-order chi connectivity index (χ1) is 14.5. The fourth-order valence-corrected chi connectivity index (χ4v) is 3.56. The minimum absolute atomic E-state index is 0.185. The maximum atomic E-state index is 12.9. The van der Waals surface area contributed by atoms with Crippen molar-refractivity contribution < 1.29 is 14.3 Å². The molecule has 4 rings (SSSR count). The van der Waals surface area contributed by atoms with Crippen molar-refractivity contribution in [3.05, 3.63) is 83.8 Å². The number of esters is 1. The van der Waals surface area contributed by atoms with Crippen molar-refractivity contribution in [2.75, 3.05) is 0 Å². The highest BCUT2D eigenvalue weighted by molar-refractivity contribution is 6.11. The Bertz CT molecular complexity index is 1190. The molecular weight excluding hydrogens is 378 g/mol. The van der Waals surface area contributed by atoms with E-state index < -0.39 is 12.1 Å². The van der Waals surface area contributed by atoms with E-state index in [-0.39, 0.29) is 12.2 Å². The van der Waals surface area contributed by atoms with Crippen LogP contribution >= 0.6 is 0 Å². The van der Waals surface area contributed by atoms with Crippen molar-refractivity contribution in [2.45, 2.75) is 32.8 Å². The minimum Gasteiger partial charge on any atom is -0.454 e. The lowest BCUT2D eigenvalue weighted by molar-refractivity contribution is -0.146. The van der Waals surface area contributed by atoms with Gasteiger partial charge in [-0.25, -0.2) is 4.68 Å². The summed E-state index contributed by atoms with van der Waals surface area (Å²) in [6.45, 7) is 3.47. The largest absolute Gasteiger partial charge is 0.454 e. The van der Waals surface area contributed by atoms with E-state index in [0.29, 0.717) is 12.0 Å². The standard InChI is InChI=1S/C24H23N3O3/c1-16-23(20-10-6-7-11-21(20)26-16)24(29)17(2)30-22(28)13-12-18-14-25-27(15-18)19-8-4-3-5-9-19/h3-11,14-15,17,26H,12-13H2,1-2H3. The van der Waals surface area contributed by atoms with Gasteiger partial charge in [0.1, 0.15) is 0 Å². The van der Waals surface area contributed by atoms with E-state index in [0.717, 1.165) is 27.8 Å². The third kappa shape index (κ3) is 4.03. The number of aryl methyl sites for hydroxylation is 2. The Morgan fingerprint density at radius 1 is 1.10 bits per heavy atom. The van der Waals surface area contributed by atoms with Crippen LogP contribution in [0.15, 0.2) is 67.0 Å². The van der Waals surface area contributed by atoms with E-state index in [1.807, 2.05) is 67.7 Å². The molecule has 6 nitrogen and oxygen atoms in total. The van der Waals surface area contributed by atoms with Crippen molar-refractivity contribution in [3.63, 3.8) is 0 Å². The molecule has 0 radical (unpaired) electrons. The molecule has 0 fully saturated rings. The van der Waals surface area contributed by atoms with Gasteiger partial charge in [-0.1, -0.05) is 36.4 Å². The summed E-state index contributed by atoms with van der Waals surface area (Å²) in [7, 11) is 0. The Kier molecular flexibility index (Phi) is 5.48. The van der Waals surface area contributed by atoms with E-state index in [1.165, 1.54) is 0 Å². The van der Waals surface area contributed by atoms with Gasteiger partial charge >= 0.3 is 5.97 Å². The highest BCUT2D eigenvalue weighted by atomic mass is 16.5. The molecule has 2 aromatic heterocycles. The lowest BCUT2D eigenvalue weighted by Gasteiger charge is -2.12. The number of rotatable bonds is 7. The smallest absolute Gasteiger partial charge is 0.306 e. The molecule has 1 atom stereocenters. The summed E-state index contributed by atoms with van der Waals surface area (Å²) in [4.78, 5) is 28.4. The number of H-pyrrole nitrogens is 1. The zero-order chi connectivity index (χ0) is 21.1. The predicted octanol–water partition coefficient (Wildman–Crippen LogP) is 4.41.